The highest BCUT2D eigenvalue weighted by atomic mass is 35.5. The first-order valence-corrected chi connectivity index (χ1v) is 7.51. The highest BCUT2D eigenvalue weighted by Crippen LogP contribution is 2.30. The maximum absolute atomic E-state index is 11.4. The average molecular weight is 323 g/mol. The maximum Gasteiger partial charge on any atom is 0.358 e. The van der Waals surface area contributed by atoms with Crippen LogP contribution in [0.4, 0.5) is 0 Å². The van der Waals surface area contributed by atoms with E-state index in [2.05, 4.69) is 4.98 Å². The van der Waals surface area contributed by atoms with Gasteiger partial charge in [-0.25, -0.2) is 4.79 Å². The lowest BCUT2D eigenvalue weighted by Gasteiger charge is -2.07. The van der Waals surface area contributed by atoms with Crippen molar-refractivity contribution in [2.24, 2.45) is 0 Å². The van der Waals surface area contributed by atoms with Crippen LogP contribution in [0.15, 0.2) is 29.8 Å². The van der Waals surface area contributed by atoms with Crippen molar-refractivity contribution in [3.63, 3.8) is 0 Å². The van der Waals surface area contributed by atoms with Gasteiger partial charge in [0.1, 0.15) is 5.75 Å². The van der Waals surface area contributed by atoms with Crippen LogP contribution in [0.3, 0.4) is 0 Å². The zero-order valence-electron chi connectivity index (χ0n) is 11.0. The summed E-state index contributed by atoms with van der Waals surface area (Å²) in [6, 6.07) is 5.22. The lowest BCUT2D eigenvalue weighted by Crippen LogP contribution is -2.02. The molecule has 3 aromatic rings. The fourth-order valence-corrected chi connectivity index (χ4v) is 2.99. The first kappa shape index (κ1) is 13.9. The lowest BCUT2D eigenvalue weighted by atomic mass is 10.1. The first-order chi connectivity index (χ1) is 10.1. The molecular weight excluding hydrogens is 312 g/mol. The van der Waals surface area contributed by atoms with Crippen LogP contribution < -0.4 is 4.74 Å². The number of rotatable bonds is 4. The Hall–Kier alpha value is -2.05. The maximum atomic E-state index is 11.4. The van der Waals surface area contributed by atoms with Gasteiger partial charge < -0.3 is 9.84 Å². The summed E-state index contributed by atoms with van der Waals surface area (Å²) >= 11 is 7.41. The van der Waals surface area contributed by atoms with E-state index < -0.39 is 5.97 Å². The first-order valence-electron chi connectivity index (χ1n) is 6.25. The number of carbonyl (C=O) groups is 1. The van der Waals surface area contributed by atoms with Gasteiger partial charge in [0.25, 0.3) is 5.88 Å². The van der Waals surface area contributed by atoms with Crippen molar-refractivity contribution < 1.29 is 14.6 Å². The zero-order chi connectivity index (χ0) is 15.0. The van der Waals surface area contributed by atoms with Crippen molar-refractivity contribution >= 4 is 33.9 Å². The molecule has 108 valence electrons. The molecule has 2 heterocycles. The van der Waals surface area contributed by atoms with Crippen molar-refractivity contribution in [3.8, 4) is 11.6 Å². The molecule has 3 rings (SSSR count). The number of thiazole rings is 1. The van der Waals surface area contributed by atoms with E-state index >= 15 is 0 Å². The van der Waals surface area contributed by atoms with Gasteiger partial charge in [-0.05, 0) is 30.2 Å². The summed E-state index contributed by atoms with van der Waals surface area (Å²) in [6.07, 6.45) is 2.42. The molecule has 2 aromatic heterocycles. The molecule has 0 saturated carbocycles. The minimum Gasteiger partial charge on any atom is -0.476 e. The highest BCUT2D eigenvalue weighted by molar-refractivity contribution is 7.15. The molecule has 5 nitrogen and oxygen atoms in total. The lowest BCUT2D eigenvalue weighted by molar-refractivity contribution is 0.0686. The second-order valence-electron chi connectivity index (χ2n) is 4.34. The Labute approximate surface area is 129 Å². The smallest absolute Gasteiger partial charge is 0.358 e. The number of fused-ring (bicyclic) bond motifs is 1. The van der Waals surface area contributed by atoms with E-state index in [4.69, 9.17) is 16.3 Å². The van der Waals surface area contributed by atoms with Crippen LogP contribution in [-0.4, -0.2) is 20.5 Å². The van der Waals surface area contributed by atoms with E-state index in [0.717, 1.165) is 12.0 Å². The van der Waals surface area contributed by atoms with Gasteiger partial charge in [0, 0.05) is 16.6 Å². The number of carboxylic acid groups (broad SMARTS) is 1. The molecule has 1 aromatic carbocycles. The van der Waals surface area contributed by atoms with E-state index in [1.807, 2.05) is 6.92 Å². The van der Waals surface area contributed by atoms with Crippen LogP contribution in [0.25, 0.3) is 4.96 Å². The minimum absolute atomic E-state index is 0.0132. The number of nitrogens with zero attached hydrogens (tertiary/aromatic N) is 2. The normalized spacial score (nSPS) is 11.0. The van der Waals surface area contributed by atoms with E-state index in [1.54, 1.807) is 29.8 Å². The summed E-state index contributed by atoms with van der Waals surface area (Å²) in [6.45, 7) is 1.99. The van der Waals surface area contributed by atoms with Gasteiger partial charge in [0.2, 0.25) is 0 Å². The molecule has 0 bridgehead atoms. The van der Waals surface area contributed by atoms with Crippen molar-refractivity contribution in [1.82, 2.24) is 9.38 Å². The van der Waals surface area contributed by atoms with Gasteiger partial charge in [0.15, 0.2) is 10.7 Å². The number of aromatic nitrogens is 2. The third-order valence-electron chi connectivity index (χ3n) is 3.05. The standard InChI is InChI=1S/C14H11ClN2O3S/c1-2-8-7-9(3-4-10(8)15)20-12-11(13(18)19)17-5-6-21-14(17)16-12/h3-7H,2H2,1H3,(H,18,19). The fraction of sp³-hybridized carbons (Fsp3) is 0.143. The fourth-order valence-electron chi connectivity index (χ4n) is 2.03. The number of imidazole rings is 1. The molecule has 0 amide bonds. The van der Waals surface area contributed by atoms with E-state index in [-0.39, 0.29) is 11.6 Å². The van der Waals surface area contributed by atoms with Crippen molar-refractivity contribution in [2.45, 2.75) is 13.3 Å². The number of hydrogen-bond donors (Lipinski definition) is 1. The molecule has 7 heteroatoms. The molecule has 0 aliphatic rings. The number of benzene rings is 1. The number of ether oxygens (including phenoxy) is 1. The molecule has 0 aliphatic carbocycles. The molecule has 0 saturated heterocycles. The van der Waals surface area contributed by atoms with Gasteiger partial charge >= 0.3 is 5.97 Å². The summed E-state index contributed by atoms with van der Waals surface area (Å²) < 4.78 is 7.15. The number of carboxylic acids is 1. The van der Waals surface area contributed by atoms with Crippen LogP contribution in [0.2, 0.25) is 5.02 Å². The molecule has 1 N–H and O–H groups in total. The van der Waals surface area contributed by atoms with E-state index in [1.165, 1.54) is 15.7 Å². The Morgan fingerprint density at radius 3 is 3.05 bits per heavy atom. The Kier molecular flexibility index (Phi) is 3.57. The van der Waals surface area contributed by atoms with Gasteiger partial charge in [-0.2, -0.15) is 4.98 Å². The Morgan fingerprint density at radius 2 is 2.33 bits per heavy atom. The van der Waals surface area contributed by atoms with Crippen molar-refractivity contribution in [1.29, 1.82) is 0 Å². The second-order valence-corrected chi connectivity index (χ2v) is 5.62. The summed E-state index contributed by atoms with van der Waals surface area (Å²) in [4.78, 5) is 16.2. The molecule has 0 radical (unpaired) electrons. The second kappa shape index (κ2) is 5.38. The molecule has 21 heavy (non-hydrogen) atoms. The van der Waals surface area contributed by atoms with Gasteiger partial charge in [-0.1, -0.05) is 18.5 Å². The predicted octanol–water partition coefficient (Wildman–Crippen LogP) is 4.10. The third kappa shape index (κ3) is 2.48. The van der Waals surface area contributed by atoms with Crippen LogP contribution in [-0.2, 0) is 6.42 Å². The van der Waals surface area contributed by atoms with E-state index in [9.17, 15) is 9.90 Å². The van der Waals surface area contributed by atoms with Crippen LogP contribution >= 0.6 is 22.9 Å². The Balaban J connectivity index is 2.03. The average Bonchev–Trinajstić information content (AvgIpc) is 3.00. The van der Waals surface area contributed by atoms with Gasteiger partial charge in [-0.3, -0.25) is 4.40 Å². The highest BCUT2D eigenvalue weighted by Gasteiger charge is 2.21. The molecule has 0 atom stereocenters. The number of hydrogen-bond acceptors (Lipinski definition) is 4. The Morgan fingerprint density at radius 1 is 1.52 bits per heavy atom. The zero-order valence-corrected chi connectivity index (χ0v) is 12.6. The van der Waals surface area contributed by atoms with Crippen LogP contribution in [0, 0.1) is 0 Å². The van der Waals surface area contributed by atoms with Gasteiger partial charge in [0.05, 0.1) is 0 Å². The number of aromatic carboxylic acids is 1. The van der Waals surface area contributed by atoms with Gasteiger partial charge in [-0.15, -0.1) is 11.3 Å². The Bertz CT molecular complexity index is 825. The molecule has 0 aliphatic heterocycles. The third-order valence-corrected chi connectivity index (χ3v) is 4.17. The monoisotopic (exact) mass is 322 g/mol. The van der Waals surface area contributed by atoms with Crippen LogP contribution in [0.5, 0.6) is 11.6 Å². The summed E-state index contributed by atoms with van der Waals surface area (Å²) in [7, 11) is 0. The van der Waals surface area contributed by atoms with Crippen molar-refractivity contribution in [2.75, 3.05) is 0 Å². The number of halogens is 1. The molecule has 0 unspecified atom stereocenters. The summed E-state index contributed by atoms with van der Waals surface area (Å²) in [5.41, 5.74) is 0.950. The molecule has 0 spiro atoms. The summed E-state index contributed by atoms with van der Waals surface area (Å²) in [5, 5.41) is 11.8. The largest absolute Gasteiger partial charge is 0.476 e. The number of aryl methyl sites for hydroxylation is 1. The molecular formula is C14H11ClN2O3S. The quantitative estimate of drug-likeness (QED) is 0.785. The topological polar surface area (TPSA) is 63.8 Å². The summed E-state index contributed by atoms with van der Waals surface area (Å²) in [5.74, 6) is -0.483. The van der Waals surface area contributed by atoms with E-state index in [0.29, 0.717) is 15.7 Å². The SMILES string of the molecule is CCc1cc(Oc2nc3sccn3c2C(=O)O)ccc1Cl. The van der Waals surface area contributed by atoms with Crippen molar-refractivity contribution in [3.05, 3.63) is 46.1 Å². The predicted molar refractivity (Wildman–Crippen MR) is 80.9 cm³/mol. The molecule has 0 fully saturated rings. The van der Waals surface area contributed by atoms with Crippen LogP contribution in [0.1, 0.15) is 23.0 Å². The minimum atomic E-state index is -1.08.